The van der Waals surface area contributed by atoms with Gasteiger partial charge < -0.3 is 14.6 Å². The lowest BCUT2D eigenvalue weighted by Crippen LogP contribution is -2.30. The molecule has 1 aromatic carbocycles. The van der Waals surface area contributed by atoms with Crippen LogP contribution in [0.25, 0.3) is 0 Å². The minimum absolute atomic E-state index is 0.115. The Labute approximate surface area is 120 Å². The third-order valence-corrected chi connectivity index (χ3v) is 2.95. The maximum absolute atomic E-state index is 13.2. The van der Waals surface area contributed by atoms with Gasteiger partial charge in [0, 0.05) is 38.4 Å². The van der Waals surface area contributed by atoms with Gasteiger partial charge in [-0.3, -0.25) is 4.90 Å². The second-order valence-corrected chi connectivity index (χ2v) is 4.44. The molecule has 0 saturated heterocycles. The molecule has 0 bridgehead atoms. The summed E-state index contributed by atoms with van der Waals surface area (Å²) in [4.78, 5) is 2.08. The molecule has 0 aromatic heterocycles. The first-order chi connectivity index (χ1) is 9.67. The van der Waals surface area contributed by atoms with Gasteiger partial charge in [-0.25, -0.2) is 4.39 Å². The Morgan fingerprint density at radius 3 is 2.25 bits per heavy atom. The first kappa shape index (κ1) is 16.9. The summed E-state index contributed by atoms with van der Waals surface area (Å²) in [6.45, 7) is 8.37. The van der Waals surface area contributed by atoms with Gasteiger partial charge in [-0.1, -0.05) is 0 Å². The number of benzene rings is 1. The van der Waals surface area contributed by atoms with Crippen LogP contribution in [-0.4, -0.2) is 49.5 Å². The molecule has 0 heterocycles. The molecular formula is C15H24FNO3. The predicted octanol–water partition coefficient (Wildman–Crippen LogP) is 2.41. The molecule has 20 heavy (non-hydrogen) atoms. The standard InChI is InChI=1S/C15H24FNO3/c1-3-19-9-7-17(8-10-20-4-2)12-13-11-14(16)5-6-15(13)18/h5-6,11,18H,3-4,7-10,12H2,1-2H3. The fourth-order valence-corrected chi connectivity index (χ4v) is 1.87. The summed E-state index contributed by atoms with van der Waals surface area (Å²) in [5, 5.41) is 9.77. The van der Waals surface area contributed by atoms with Gasteiger partial charge >= 0.3 is 0 Å². The zero-order chi connectivity index (χ0) is 14.8. The molecule has 0 radical (unpaired) electrons. The summed E-state index contributed by atoms with van der Waals surface area (Å²) in [5.74, 6) is -0.225. The highest BCUT2D eigenvalue weighted by atomic mass is 19.1. The molecule has 114 valence electrons. The molecule has 5 heteroatoms. The lowest BCUT2D eigenvalue weighted by atomic mass is 10.2. The summed E-state index contributed by atoms with van der Waals surface area (Å²) in [6.07, 6.45) is 0. The van der Waals surface area contributed by atoms with Crippen LogP contribution in [0.3, 0.4) is 0 Å². The largest absolute Gasteiger partial charge is 0.508 e. The molecule has 0 spiro atoms. The van der Waals surface area contributed by atoms with Crippen LogP contribution < -0.4 is 0 Å². The molecule has 1 rings (SSSR count). The Hall–Kier alpha value is -1.17. The highest BCUT2D eigenvalue weighted by Gasteiger charge is 2.10. The number of aromatic hydroxyl groups is 1. The molecule has 0 aliphatic heterocycles. The van der Waals surface area contributed by atoms with Crippen LogP contribution in [0, 0.1) is 5.82 Å². The molecule has 0 fully saturated rings. The van der Waals surface area contributed by atoms with Crippen LogP contribution in [0.4, 0.5) is 4.39 Å². The number of ether oxygens (including phenoxy) is 2. The lowest BCUT2D eigenvalue weighted by Gasteiger charge is -2.22. The van der Waals surface area contributed by atoms with Gasteiger partial charge in [0.05, 0.1) is 13.2 Å². The molecule has 1 aromatic rings. The minimum atomic E-state index is -0.340. The van der Waals surface area contributed by atoms with Crippen LogP contribution in [-0.2, 0) is 16.0 Å². The smallest absolute Gasteiger partial charge is 0.123 e. The van der Waals surface area contributed by atoms with E-state index in [2.05, 4.69) is 4.90 Å². The average molecular weight is 285 g/mol. The highest BCUT2D eigenvalue weighted by Crippen LogP contribution is 2.19. The van der Waals surface area contributed by atoms with Crippen molar-refractivity contribution in [3.05, 3.63) is 29.6 Å². The van der Waals surface area contributed by atoms with Crippen molar-refractivity contribution in [3.8, 4) is 5.75 Å². The van der Waals surface area contributed by atoms with Crippen LogP contribution in [0.15, 0.2) is 18.2 Å². The number of phenolic OH excluding ortho intramolecular Hbond substituents is 1. The second kappa shape index (κ2) is 9.69. The molecule has 0 saturated carbocycles. The molecule has 4 nitrogen and oxygen atoms in total. The van der Waals surface area contributed by atoms with E-state index >= 15 is 0 Å². The van der Waals surface area contributed by atoms with E-state index in [0.717, 1.165) is 13.1 Å². The minimum Gasteiger partial charge on any atom is -0.508 e. The van der Waals surface area contributed by atoms with E-state index in [1.165, 1.54) is 18.2 Å². The van der Waals surface area contributed by atoms with Crippen LogP contribution in [0.1, 0.15) is 19.4 Å². The number of hydrogen-bond acceptors (Lipinski definition) is 4. The van der Waals surface area contributed by atoms with Gasteiger partial charge in [0.2, 0.25) is 0 Å². The summed E-state index contributed by atoms with van der Waals surface area (Å²) < 4.78 is 23.9. The maximum Gasteiger partial charge on any atom is 0.123 e. The van der Waals surface area contributed by atoms with Crippen molar-refractivity contribution in [3.63, 3.8) is 0 Å². The van der Waals surface area contributed by atoms with Gasteiger partial charge in [-0.15, -0.1) is 0 Å². The molecule has 0 atom stereocenters. The van der Waals surface area contributed by atoms with Gasteiger partial charge in [0.1, 0.15) is 11.6 Å². The monoisotopic (exact) mass is 285 g/mol. The quantitative estimate of drug-likeness (QED) is 0.670. The molecular weight excluding hydrogens is 261 g/mol. The van der Waals surface area contributed by atoms with E-state index in [-0.39, 0.29) is 11.6 Å². The van der Waals surface area contributed by atoms with Gasteiger partial charge in [0.25, 0.3) is 0 Å². The van der Waals surface area contributed by atoms with E-state index in [0.29, 0.717) is 38.5 Å². The third kappa shape index (κ3) is 6.32. The van der Waals surface area contributed by atoms with E-state index in [4.69, 9.17) is 9.47 Å². The number of nitrogens with zero attached hydrogens (tertiary/aromatic N) is 1. The van der Waals surface area contributed by atoms with Crippen LogP contribution in [0.2, 0.25) is 0 Å². The zero-order valence-corrected chi connectivity index (χ0v) is 12.3. The number of hydrogen-bond donors (Lipinski definition) is 1. The number of halogens is 1. The zero-order valence-electron chi connectivity index (χ0n) is 12.3. The van der Waals surface area contributed by atoms with E-state index in [1.807, 2.05) is 13.8 Å². The summed E-state index contributed by atoms with van der Waals surface area (Å²) in [5.41, 5.74) is 0.581. The van der Waals surface area contributed by atoms with E-state index in [9.17, 15) is 9.50 Å². The topological polar surface area (TPSA) is 41.9 Å². The van der Waals surface area contributed by atoms with Gasteiger partial charge in [-0.2, -0.15) is 0 Å². The van der Waals surface area contributed by atoms with Crippen molar-refractivity contribution in [2.45, 2.75) is 20.4 Å². The third-order valence-electron chi connectivity index (χ3n) is 2.95. The molecule has 0 unspecified atom stereocenters. The Bertz CT molecular complexity index is 377. The summed E-state index contributed by atoms with van der Waals surface area (Å²) >= 11 is 0. The maximum atomic E-state index is 13.2. The van der Waals surface area contributed by atoms with Crippen LogP contribution in [0.5, 0.6) is 5.75 Å². The summed E-state index contributed by atoms with van der Waals surface area (Å²) in [7, 11) is 0. The fourth-order valence-electron chi connectivity index (χ4n) is 1.87. The average Bonchev–Trinajstić information content (AvgIpc) is 2.43. The van der Waals surface area contributed by atoms with Crippen molar-refractivity contribution in [1.82, 2.24) is 4.90 Å². The Morgan fingerprint density at radius 2 is 1.70 bits per heavy atom. The Balaban J connectivity index is 2.58. The molecule has 0 aliphatic rings. The first-order valence-electron chi connectivity index (χ1n) is 7.02. The van der Waals surface area contributed by atoms with Crippen LogP contribution >= 0.6 is 0 Å². The summed E-state index contributed by atoms with van der Waals surface area (Å²) in [6, 6.07) is 4.00. The SMILES string of the molecule is CCOCCN(CCOCC)Cc1cc(F)ccc1O. The lowest BCUT2D eigenvalue weighted by molar-refractivity contribution is 0.0794. The number of phenols is 1. The van der Waals surface area contributed by atoms with Crippen molar-refractivity contribution < 1.29 is 19.0 Å². The highest BCUT2D eigenvalue weighted by molar-refractivity contribution is 5.32. The number of rotatable bonds is 10. The van der Waals surface area contributed by atoms with Crippen molar-refractivity contribution >= 4 is 0 Å². The Kier molecular flexibility index (Phi) is 8.18. The van der Waals surface area contributed by atoms with Crippen molar-refractivity contribution in [2.24, 2.45) is 0 Å². The normalized spacial score (nSPS) is 11.2. The molecule has 0 amide bonds. The molecule has 1 N–H and O–H groups in total. The first-order valence-corrected chi connectivity index (χ1v) is 7.02. The predicted molar refractivity (Wildman–Crippen MR) is 76.3 cm³/mol. The van der Waals surface area contributed by atoms with Crippen molar-refractivity contribution in [1.29, 1.82) is 0 Å². The van der Waals surface area contributed by atoms with E-state index < -0.39 is 0 Å². The molecule has 0 aliphatic carbocycles. The fraction of sp³-hybridized carbons (Fsp3) is 0.600. The van der Waals surface area contributed by atoms with Crippen molar-refractivity contribution in [2.75, 3.05) is 39.5 Å². The van der Waals surface area contributed by atoms with Gasteiger partial charge in [0.15, 0.2) is 0 Å². The van der Waals surface area contributed by atoms with Gasteiger partial charge in [-0.05, 0) is 32.0 Å². The second-order valence-electron chi connectivity index (χ2n) is 4.44. The Morgan fingerprint density at radius 1 is 1.10 bits per heavy atom. The van der Waals surface area contributed by atoms with E-state index in [1.54, 1.807) is 0 Å².